The first kappa shape index (κ1) is 37.6. The van der Waals surface area contributed by atoms with Crippen LogP contribution in [0.5, 0.6) is 0 Å². The Bertz CT molecular complexity index is 1710. The van der Waals surface area contributed by atoms with Crippen LogP contribution >= 0.6 is 0 Å². The van der Waals surface area contributed by atoms with Crippen LogP contribution in [0.2, 0.25) is 0 Å². The molecular weight excluding hydrogens is 638 g/mol. The van der Waals surface area contributed by atoms with Crippen molar-refractivity contribution in [3.8, 4) is 0 Å². The second kappa shape index (κ2) is 16.9. The van der Waals surface area contributed by atoms with Gasteiger partial charge in [0, 0.05) is 6.42 Å². The Labute approximate surface area is 292 Å². The summed E-state index contributed by atoms with van der Waals surface area (Å²) in [7, 11) is 0. The lowest BCUT2D eigenvalue weighted by molar-refractivity contribution is -0.143. The molecule has 3 aromatic rings. The van der Waals surface area contributed by atoms with Crippen LogP contribution in [0.3, 0.4) is 0 Å². The predicted octanol–water partition coefficient (Wildman–Crippen LogP) is 3.44. The van der Waals surface area contributed by atoms with Gasteiger partial charge in [0.15, 0.2) is 0 Å². The van der Waals surface area contributed by atoms with E-state index in [9.17, 15) is 28.8 Å². The van der Waals surface area contributed by atoms with Crippen LogP contribution in [0, 0.1) is 11.8 Å². The molecule has 1 aliphatic carbocycles. The number of carbonyl (C=O) groups excluding carboxylic acids is 6. The highest BCUT2D eigenvalue weighted by atomic mass is 16.5. The Kier molecular flexibility index (Phi) is 12.7. The summed E-state index contributed by atoms with van der Waals surface area (Å²) < 4.78 is 5.30. The van der Waals surface area contributed by atoms with Crippen molar-refractivity contribution >= 4 is 46.3 Å². The molecule has 12 nitrogen and oxygen atoms in total. The molecule has 5 amide bonds. The van der Waals surface area contributed by atoms with E-state index < -0.39 is 65.1 Å². The van der Waals surface area contributed by atoms with E-state index in [0.29, 0.717) is 6.42 Å². The molecule has 266 valence electrons. The number of ether oxygens (including phenoxy) is 1. The van der Waals surface area contributed by atoms with Crippen molar-refractivity contribution in [3.63, 3.8) is 0 Å². The fraction of sp³-hybridized carbons (Fsp3) is 0.421. The smallest absolute Gasteiger partial charge is 0.408 e. The molecule has 0 spiro atoms. The number of alkyl carbamates (subject to hydrolysis) is 1. The monoisotopic (exact) mass is 685 g/mol. The van der Waals surface area contributed by atoms with Crippen molar-refractivity contribution < 1.29 is 33.5 Å². The normalized spacial score (nSPS) is 15.5. The van der Waals surface area contributed by atoms with Crippen LogP contribution in [-0.4, -0.2) is 59.2 Å². The molecule has 12 heteroatoms. The van der Waals surface area contributed by atoms with E-state index >= 15 is 0 Å². The maximum absolute atomic E-state index is 13.6. The van der Waals surface area contributed by atoms with Gasteiger partial charge >= 0.3 is 6.09 Å². The first-order valence-corrected chi connectivity index (χ1v) is 17.0. The number of benzene rings is 3. The highest BCUT2D eigenvalue weighted by Gasteiger charge is 2.53. The molecule has 0 aromatic heterocycles. The lowest BCUT2D eigenvalue weighted by Crippen LogP contribution is -2.59. The Morgan fingerprint density at radius 1 is 0.800 bits per heavy atom. The first-order chi connectivity index (χ1) is 23.8. The van der Waals surface area contributed by atoms with Crippen LogP contribution in [0.1, 0.15) is 64.5 Å². The number of nitrogens with two attached hydrogens (primary N) is 1. The predicted molar refractivity (Wildman–Crippen MR) is 188 cm³/mol. The second-order valence-electron chi connectivity index (χ2n) is 13.5. The zero-order valence-corrected chi connectivity index (χ0v) is 29.0. The number of ketones is 1. The molecule has 4 unspecified atom stereocenters. The van der Waals surface area contributed by atoms with E-state index in [1.165, 1.54) is 0 Å². The molecule has 4 rings (SSSR count). The maximum atomic E-state index is 13.6. The number of carbonyl (C=O) groups is 6. The Morgan fingerprint density at radius 3 is 2.08 bits per heavy atom. The minimum Gasteiger partial charge on any atom is -0.445 e. The quantitative estimate of drug-likeness (QED) is 0.135. The number of Topliss-reactive ketones (excluding diaryl/α,β-unsaturated/α-hetero) is 1. The van der Waals surface area contributed by atoms with Crippen LogP contribution in [0.15, 0.2) is 72.8 Å². The van der Waals surface area contributed by atoms with Crippen LogP contribution in [0.4, 0.5) is 4.79 Å². The number of fused-ring (bicyclic) bond motifs is 1. The second-order valence-corrected chi connectivity index (χ2v) is 13.5. The summed E-state index contributed by atoms with van der Waals surface area (Å²) in [6, 6.07) is 19.2. The van der Waals surface area contributed by atoms with Crippen LogP contribution in [0.25, 0.3) is 10.8 Å². The van der Waals surface area contributed by atoms with Gasteiger partial charge in [-0.2, -0.15) is 0 Å². The zero-order chi connectivity index (χ0) is 36.4. The molecule has 0 saturated heterocycles. The van der Waals surface area contributed by atoms with Gasteiger partial charge in [0.1, 0.15) is 24.2 Å². The van der Waals surface area contributed by atoms with Crippen molar-refractivity contribution in [2.45, 2.75) is 90.1 Å². The van der Waals surface area contributed by atoms with E-state index in [0.717, 1.165) is 21.9 Å². The lowest BCUT2D eigenvalue weighted by atomic mass is 9.93. The third-order valence-electron chi connectivity index (χ3n) is 8.99. The fourth-order valence-corrected chi connectivity index (χ4v) is 5.64. The average Bonchev–Trinajstić information content (AvgIpc) is 3.89. The summed E-state index contributed by atoms with van der Waals surface area (Å²) in [5.41, 5.74) is 5.83. The summed E-state index contributed by atoms with van der Waals surface area (Å²) in [6.45, 7) is 7.31. The molecule has 0 heterocycles. The van der Waals surface area contributed by atoms with E-state index in [-0.39, 0.29) is 38.2 Å². The molecule has 3 aromatic carbocycles. The SMILES string of the molecule is CCC(C)C(NC(=O)C(CC(C)C)NC(=O)OCc1ccccc1)C(=O)C(=O)NC1(C(=O)NC(Cc2ccc3ccccc3c2)C(N)=O)CC1. The van der Waals surface area contributed by atoms with Crippen LogP contribution in [-0.2, 0) is 41.7 Å². The number of rotatable bonds is 17. The van der Waals surface area contributed by atoms with E-state index in [4.69, 9.17) is 10.5 Å². The average molecular weight is 686 g/mol. The number of primary amides is 1. The minimum absolute atomic E-state index is 0.0000703. The Hall–Kier alpha value is -5.26. The van der Waals surface area contributed by atoms with Gasteiger partial charge < -0.3 is 31.7 Å². The molecule has 6 N–H and O–H groups in total. The Morgan fingerprint density at radius 2 is 1.46 bits per heavy atom. The number of nitrogens with one attached hydrogen (secondary N) is 4. The summed E-state index contributed by atoms with van der Waals surface area (Å²) in [4.78, 5) is 78.8. The topological polar surface area (TPSA) is 186 Å². The summed E-state index contributed by atoms with van der Waals surface area (Å²) >= 11 is 0. The lowest BCUT2D eigenvalue weighted by Gasteiger charge is -2.27. The van der Waals surface area contributed by atoms with Gasteiger partial charge in [0.2, 0.25) is 23.5 Å². The Balaban J connectivity index is 1.39. The van der Waals surface area contributed by atoms with Crippen molar-refractivity contribution in [2.75, 3.05) is 0 Å². The first-order valence-electron chi connectivity index (χ1n) is 17.0. The van der Waals surface area contributed by atoms with Gasteiger partial charge in [-0.3, -0.25) is 24.0 Å². The van der Waals surface area contributed by atoms with Gasteiger partial charge in [0.05, 0.1) is 6.04 Å². The number of hydrogen-bond acceptors (Lipinski definition) is 7. The van der Waals surface area contributed by atoms with Crippen molar-refractivity contribution in [2.24, 2.45) is 17.6 Å². The highest BCUT2D eigenvalue weighted by Crippen LogP contribution is 2.36. The van der Waals surface area contributed by atoms with E-state index in [1.807, 2.05) is 81.4 Å². The molecule has 1 aliphatic rings. The fourth-order valence-electron chi connectivity index (χ4n) is 5.64. The molecule has 0 aliphatic heterocycles. The van der Waals surface area contributed by atoms with Gasteiger partial charge in [-0.05, 0) is 53.0 Å². The molecule has 50 heavy (non-hydrogen) atoms. The molecule has 1 saturated carbocycles. The number of hydrogen-bond donors (Lipinski definition) is 5. The van der Waals surface area contributed by atoms with Crippen LogP contribution < -0.4 is 27.0 Å². The van der Waals surface area contributed by atoms with Gasteiger partial charge in [0.25, 0.3) is 5.91 Å². The standard InChI is InChI=1S/C38H47N5O7/c1-5-24(4)31(42-34(46)30(19-23(2)3)41-37(49)50-22-25-11-7-6-8-12-25)32(44)35(47)43-38(17-18-38)36(48)40-29(33(39)45)21-26-15-16-27-13-9-10-14-28(27)20-26/h6-16,20,23-24,29-31H,5,17-19,21-22H2,1-4H3,(H2,39,45)(H,40,48)(H,41,49)(H,42,46)(H,43,47). The van der Waals surface area contributed by atoms with Gasteiger partial charge in [-0.1, -0.05) is 107 Å². The minimum atomic E-state index is -1.39. The third-order valence-corrected chi connectivity index (χ3v) is 8.99. The van der Waals surface area contributed by atoms with Crippen molar-refractivity contribution in [3.05, 3.63) is 83.9 Å². The van der Waals surface area contributed by atoms with E-state index in [1.54, 1.807) is 19.1 Å². The molecule has 4 atom stereocenters. The summed E-state index contributed by atoms with van der Waals surface area (Å²) in [5, 5.41) is 12.5. The number of amides is 5. The molecule has 1 fully saturated rings. The maximum Gasteiger partial charge on any atom is 0.408 e. The van der Waals surface area contributed by atoms with Crippen molar-refractivity contribution in [1.29, 1.82) is 0 Å². The molecule has 0 bridgehead atoms. The van der Waals surface area contributed by atoms with Crippen molar-refractivity contribution in [1.82, 2.24) is 21.3 Å². The van der Waals surface area contributed by atoms with Gasteiger partial charge in [-0.15, -0.1) is 0 Å². The largest absolute Gasteiger partial charge is 0.445 e. The molecule has 0 radical (unpaired) electrons. The van der Waals surface area contributed by atoms with Gasteiger partial charge in [-0.25, -0.2) is 4.79 Å². The summed E-state index contributed by atoms with van der Waals surface area (Å²) in [6.07, 6.45) is 0.559. The molecular formula is C38H47N5O7. The zero-order valence-electron chi connectivity index (χ0n) is 29.0. The van der Waals surface area contributed by atoms with E-state index in [2.05, 4.69) is 21.3 Å². The third kappa shape index (κ3) is 10.1. The summed E-state index contributed by atoms with van der Waals surface area (Å²) in [5.74, 6) is -4.42. The highest BCUT2D eigenvalue weighted by molar-refractivity contribution is 6.39.